The van der Waals surface area contributed by atoms with Crippen LogP contribution in [0, 0.1) is 6.92 Å². The van der Waals surface area contributed by atoms with Gasteiger partial charge in [0.05, 0.1) is 22.5 Å². The van der Waals surface area contributed by atoms with Crippen LogP contribution in [0.2, 0.25) is 0 Å². The molecule has 0 atom stereocenters. The fourth-order valence-corrected chi connectivity index (χ4v) is 3.65. The largest absolute Gasteiger partial charge is 0.492 e. The van der Waals surface area contributed by atoms with E-state index in [1.807, 2.05) is 42.5 Å². The molecule has 4 heteroatoms. The van der Waals surface area contributed by atoms with Crippen molar-refractivity contribution in [3.63, 3.8) is 0 Å². The number of nitrogens with zero attached hydrogens (tertiary/aromatic N) is 2. The molecule has 0 aromatic heterocycles. The third-order valence-electron chi connectivity index (χ3n) is 4.99. The lowest BCUT2D eigenvalue weighted by molar-refractivity contribution is 0.302. The molecule has 0 bridgehead atoms. The fraction of sp³-hybridized carbons (Fsp3) is 0.520. The van der Waals surface area contributed by atoms with Crippen molar-refractivity contribution in [1.82, 2.24) is 0 Å². The number of benzene rings is 2. The SMILES string of the molecule is CCCCCCCCCCCCOc1ccc(N=Nc2ccc(C)cc2)cc1Br. The number of ether oxygens (including phenoxy) is 1. The Bertz CT molecular complexity index is 728. The molecule has 0 unspecified atom stereocenters. The second-order valence-corrected chi connectivity index (χ2v) is 8.54. The van der Waals surface area contributed by atoms with Gasteiger partial charge in [-0.15, -0.1) is 0 Å². The van der Waals surface area contributed by atoms with E-state index in [-0.39, 0.29) is 0 Å². The van der Waals surface area contributed by atoms with Crippen molar-refractivity contribution < 1.29 is 4.74 Å². The van der Waals surface area contributed by atoms with E-state index < -0.39 is 0 Å². The molecule has 0 amide bonds. The summed E-state index contributed by atoms with van der Waals surface area (Å²) in [5.41, 5.74) is 2.88. The Morgan fingerprint density at radius 2 is 1.28 bits per heavy atom. The van der Waals surface area contributed by atoms with Crippen LogP contribution in [0.25, 0.3) is 0 Å². The van der Waals surface area contributed by atoms with Crippen LogP contribution >= 0.6 is 15.9 Å². The van der Waals surface area contributed by atoms with Gasteiger partial charge in [0.1, 0.15) is 5.75 Å². The van der Waals surface area contributed by atoms with Crippen molar-refractivity contribution in [3.05, 3.63) is 52.5 Å². The van der Waals surface area contributed by atoms with Crippen LogP contribution < -0.4 is 4.74 Å². The molecule has 3 nitrogen and oxygen atoms in total. The Hall–Kier alpha value is -1.68. The van der Waals surface area contributed by atoms with Crippen LogP contribution in [-0.4, -0.2) is 6.61 Å². The molecule has 0 radical (unpaired) electrons. The van der Waals surface area contributed by atoms with E-state index in [2.05, 4.69) is 40.0 Å². The summed E-state index contributed by atoms with van der Waals surface area (Å²) in [6.07, 6.45) is 13.3. The molecule has 0 spiro atoms. The summed E-state index contributed by atoms with van der Waals surface area (Å²) >= 11 is 3.59. The lowest BCUT2D eigenvalue weighted by atomic mass is 10.1. The minimum atomic E-state index is 0.763. The summed E-state index contributed by atoms with van der Waals surface area (Å²) in [6.45, 7) is 5.10. The molecule has 0 N–H and O–H groups in total. The number of hydrogen-bond acceptors (Lipinski definition) is 3. The minimum Gasteiger partial charge on any atom is -0.492 e. The Kier molecular flexibility index (Phi) is 11.7. The van der Waals surface area contributed by atoms with Crippen LogP contribution in [0.5, 0.6) is 5.75 Å². The normalized spacial score (nSPS) is 11.3. The maximum atomic E-state index is 5.92. The third kappa shape index (κ3) is 10.1. The summed E-state index contributed by atoms with van der Waals surface area (Å²) in [7, 11) is 0. The molecule has 0 heterocycles. The number of rotatable bonds is 14. The Morgan fingerprint density at radius 1 is 0.724 bits per heavy atom. The third-order valence-corrected chi connectivity index (χ3v) is 5.61. The zero-order chi connectivity index (χ0) is 20.7. The van der Waals surface area contributed by atoms with Gasteiger partial charge >= 0.3 is 0 Å². The van der Waals surface area contributed by atoms with Crippen molar-refractivity contribution >= 4 is 27.3 Å². The summed E-state index contributed by atoms with van der Waals surface area (Å²) in [6, 6.07) is 13.9. The van der Waals surface area contributed by atoms with E-state index in [1.165, 1.54) is 63.4 Å². The van der Waals surface area contributed by atoms with Gasteiger partial charge in [0.15, 0.2) is 0 Å². The topological polar surface area (TPSA) is 34.0 Å². The van der Waals surface area contributed by atoms with Gasteiger partial charge in [0, 0.05) is 0 Å². The van der Waals surface area contributed by atoms with Crippen LogP contribution in [0.3, 0.4) is 0 Å². The van der Waals surface area contributed by atoms with E-state index in [4.69, 9.17) is 4.74 Å². The molecule has 2 rings (SSSR count). The second-order valence-electron chi connectivity index (χ2n) is 7.68. The quantitative estimate of drug-likeness (QED) is 0.205. The molecule has 0 fully saturated rings. The average molecular weight is 459 g/mol. The first-order valence-corrected chi connectivity index (χ1v) is 11.9. The zero-order valence-corrected chi connectivity index (χ0v) is 19.6. The Balaban J connectivity index is 1.62. The van der Waals surface area contributed by atoms with Gasteiger partial charge in [0.2, 0.25) is 0 Å². The molecule has 0 aliphatic heterocycles. The van der Waals surface area contributed by atoms with E-state index in [0.29, 0.717) is 0 Å². The van der Waals surface area contributed by atoms with Gasteiger partial charge in [0.25, 0.3) is 0 Å². The maximum Gasteiger partial charge on any atom is 0.133 e. The van der Waals surface area contributed by atoms with E-state index >= 15 is 0 Å². The molecule has 0 saturated heterocycles. The first-order valence-electron chi connectivity index (χ1n) is 11.1. The standard InChI is InChI=1S/C25H35BrN2O/c1-3-4-5-6-7-8-9-10-11-12-19-29-25-18-17-23(20-24(25)26)28-27-22-15-13-21(2)14-16-22/h13-18,20H,3-12,19H2,1-2H3. The van der Waals surface area contributed by atoms with E-state index in [1.54, 1.807) is 0 Å². The van der Waals surface area contributed by atoms with Crippen molar-refractivity contribution in [3.8, 4) is 5.75 Å². The molecule has 158 valence electrons. The van der Waals surface area contributed by atoms with Crippen LogP contribution in [0.1, 0.15) is 76.7 Å². The lowest BCUT2D eigenvalue weighted by Gasteiger charge is -2.08. The van der Waals surface area contributed by atoms with Crippen LogP contribution in [0.4, 0.5) is 11.4 Å². The van der Waals surface area contributed by atoms with Gasteiger partial charge in [-0.25, -0.2) is 0 Å². The highest BCUT2D eigenvalue weighted by atomic mass is 79.9. The minimum absolute atomic E-state index is 0.763. The first-order chi connectivity index (χ1) is 14.2. The van der Waals surface area contributed by atoms with E-state index in [0.717, 1.165) is 34.6 Å². The van der Waals surface area contributed by atoms with Gasteiger partial charge < -0.3 is 4.74 Å². The molecular formula is C25H35BrN2O. The molecule has 29 heavy (non-hydrogen) atoms. The second kappa shape index (κ2) is 14.3. The number of aryl methyl sites for hydroxylation is 1. The smallest absolute Gasteiger partial charge is 0.133 e. The van der Waals surface area contributed by atoms with Gasteiger partial charge in [-0.05, 0) is 59.6 Å². The highest BCUT2D eigenvalue weighted by Crippen LogP contribution is 2.30. The fourth-order valence-electron chi connectivity index (χ4n) is 3.17. The van der Waals surface area contributed by atoms with Gasteiger partial charge in [-0.1, -0.05) is 82.4 Å². The zero-order valence-electron chi connectivity index (χ0n) is 18.0. The number of azo groups is 1. The van der Waals surface area contributed by atoms with Gasteiger partial charge in [-0.2, -0.15) is 10.2 Å². The summed E-state index contributed by atoms with van der Waals surface area (Å²) in [4.78, 5) is 0. The van der Waals surface area contributed by atoms with Gasteiger partial charge in [-0.3, -0.25) is 0 Å². The predicted molar refractivity (Wildman–Crippen MR) is 127 cm³/mol. The first kappa shape index (κ1) is 23.6. The van der Waals surface area contributed by atoms with Crippen LogP contribution in [0.15, 0.2) is 57.2 Å². The Labute approximate surface area is 185 Å². The summed E-state index contributed by atoms with van der Waals surface area (Å²) < 4.78 is 6.84. The monoisotopic (exact) mass is 458 g/mol. The maximum absolute atomic E-state index is 5.92. The molecule has 0 aliphatic carbocycles. The molecule has 0 aliphatic rings. The van der Waals surface area contributed by atoms with Crippen molar-refractivity contribution in [2.24, 2.45) is 10.2 Å². The summed E-state index contributed by atoms with van der Waals surface area (Å²) in [5.74, 6) is 0.871. The molecule has 0 saturated carbocycles. The molecule has 2 aromatic rings. The Morgan fingerprint density at radius 3 is 1.90 bits per heavy atom. The highest BCUT2D eigenvalue weighted by molar-refractivity contribution is 9.10. The predicted octanol–water partition coefficient (Wildman–Crippen LogP) is 9.47. The van der Waals surface area contributed by atoms with Crippen molar-refractivity contribution in [2.45, 2.75) is 78.1 Å². The van der Waals surface area contributed by atoms with Crippen molar-refractivity contribution in [1.29, 1.82) is 0 Å². The molecule has 2 aromatic carbocycles. The number of hydrogen-bond donors (Lipinski definition) is 0. The summed E-state index contributed by atoms with van der Waals surface area (Å²) in [5, 5.41) is 8.59. The number of halogens is 1. The highest BCUT2D eigenvalue weighted by Gasteiger charge is 2.03. The number of unbranched alkanes of at least 4 members (excludes halogenated alkanes) is 9. The van der Waals surface area contributed by atoms with Crippen molar-refractivity contribution in [2.75, 3.05) is 6.61 Å². The van der Waals surface area contributed by atoms with Crippen LogP contribution in [-0.2, 0) is 0 Å². The van der Waals surface area contributed by atoms with E-state index in [9.17, 15) is 0 Å². The average Bonchev–Trinajstić information content (AvgIpc) is 2.73. The lowest BCUT2D eigenvalue weighted by Crippen LogP contribution is -1.97. The molecular weight excluding hydrogens is 424 g/mol.